The largest absolute Gasteiger partial charge is 0.305 e. The zero-order valence-corrected chi connectivity index (χ0v) is 12.9. The fourth-order valence-corrected chi connectivity index (χ4v) is 3.36. The molecule has 1 fully saturated rings. The molecule has 20 heavy (non-hydrogen) atoms. The molecule has 1 heterocycles. The topological polar surface area (TPSA) is 80.5 Å². The predicted octanol–water partition coefficient (Wildman–Crippen LogP) is 2.74. The number of nitrogens with zero attached hydrogens (tertiary/aromatic N) is 2. The molecule has 0 bridgehead atoms. The molecule has 2 rings (SSSR count). The van der Waals surface area contributed by atoms with E-state index in [4.69, 9.17) is 0 Å². The third-order valence-corrected chi connectivity index (χ3v) is 4.32. The van der Waals surface area contributed by atoms with Gasteiger partial charge in [0.25, 0.3) is 5.69 Å². The van der Waals surface area contributed by atoms with E-state index in [9.17, 15) is 19.7 Å². The Kier molecular flexibility index (Phi) is 4.44. The average molecular weight is 359 g/mol. The summed E-state index contributed by atoms with van der Waals surface area (Å²) < 4.78 is 0.578. The van der Waals surface area contributed by atoms with Crippen LogP contribution in [0.5, 0.6) is 0 Å². The Hall–Kier alpha value is -1.41. The molecule has 1 aliphatic rings. The van der Waals surface area contributed by atoms with E-state index in [1.165, 1.54) is 17.9 Å². The minimum atomic E-state index is -0.515. The highest BCUT2D eigenvalue weighted by Crippen LogP contribution is 2.35. The summed E-state index contributed by atoms with van der Waals surface area (Å²) in [6.07, 6.45) is 0.220. The summed E-state index contributed by atoms with van der Waals surface area (Å²) in [6.45, 7) is 1.76. The van der Waals surface area contributed by atoms with E-state index in [0.717, 1.165) is 11.8 Å². The number of anilines is 1. The Morgan fingerprint density at radius 2 is 2.25 bits per heavy atom. The lowest BCUT2D eigenvalue weighted by atomic mass is 10.2. The highest BCUT2D eigenvalue weighted by molar-refractivity contribution is 9.10. The Balaban J connectivity index is 2.30. The number of nitro benzene ring substituents is 1. The highest BCUT2D eigenvalue weighted by Gasteiger charge is 2.35. The van der Waals surface area contributed by atoms with Crippen molar-refractivity contribution in [3.05, 3.63) is 32.8 Å². The van der Waals surface area contributed by atoms with Gasteiger partial charge in [0.05, 0.1) is 4.92 Å². The van der Waals surface area contributed by atoms with Crippen molar-refractivity contribution in [1.82, 2.24) is 0 Å². The molecule has 1 aromatic carbocycles. The van der Waals surface area contributed by atoms with Gasteiger partial charge in [-0.2, -0.15) is 0 Å². The number of carbonyl (C=O) groups excluding carboxylic acids is 2. The van der Waals surface area contributed by atoms with Crippen molar-refractivity contribution in [3.8, 4) is 0 Å². The van der Waals surface area contributed by atoms with Gasteiger partial charge in [0.2, 0.25) is 5.91 Å². The molecule has 8 heteroatoms. The van der Waals surface area contributed by atoms with Gasteiger partial charge < -0.3 is 4.90 Å². The monoisotopic (exact) mass is 358 g/mol. The first-order chi connectivity index (χ1) is 9.38. The molecular weight excluding hydrogens is 348 g/mol. The standard InChI is InChI=1S/C12H11BrN2O4S/c1-7(16)20-9-5-12(17)14(6-9)10-3-2-8(13)4-11(10)15(18)19/h2-4,9H,5-6H2,1H3. The molecule has 0 radical (unpaired) electrons. The molecule has 0 N–H and O–H groups in total. The Morgan fingerprint density at radius 1 is 1.55 bits per heavy atom. The Labute approximate surface area is 127 Å². The van der Waals surface area contributed by atoms with Crippen LogP contribution in [0.1, 0.15) is 13.3 Å². The van der Waals surface area contributed by atoms with E-state index in [1.54, 1.807) is 12.1 Å². The first kappa shape index (κ1) is 15.0. The third kappa shape index (κ3) is 3.18. The van der Waals surface area contributed by atoms with Crippen molar-refractivity contribution in [1.29, 1.82) is 0 Å². The summed E-state index contributed by atoms with van der Waals surface area (Å²) in [5, 5.41) is 10.9. The lowest BCUT2D eigenvalue weighted by Gasteiger charge is -2.16. The molecule has 0 saturated carbocycles. The molecule has 1 atom stereocenters. The van der Waals surface area contributed by atoms with Gasteiger partial charge in [0, 0.05) is 35.7 Å². The zero-order valence-electron chi connectivity index (χ0n) is 10.5. The van der Waals surface area contributed by atoms with Crippen LogP contribution in [0, 0.1) is 10.1 Å². The first-order valence-corrected chi connectivity index (χ1v) is 7.47. The number of rotatable bonds is 3. The highest BCUT2D eigenvalue weighted by atomic mass is 79.9. The van der Waals surface area contributed by atoms with Crippen LogP contribution in [0.15, 0.2) is 22.7 Å². The number of hydrogen-bond acceptors (Lipinski definition) is 5. The fraction of sp³-hybridized carbons (Fsp3) is 0.333. The fourth-order valence-electron chi connectivity index (χ4n) is 2.09. The van der Waals surface area contributed by atoms with Crippen LogP contribution in [0.2, 0.25) is 0 Å². The van der Waals surface area contributed by atoms with Gasteiger partial charge in [-0.05, 0) is 12.1 Å². The number of thioether (sulfide) groups is 1. The van der Waals surface area contributed by atoms with E-state index in [1.807, 2.05) is 0 Å². The number of nitro groups is 1. The van der Waals surface area contributed by atoms with Crippen molar-refractivity contribution in [3.63, 3.8) is 0 Å². The minimum Gasteiger partial charge on any atom is -0.305 e. The van der Waals surface area contributed by atoms with E-state index in [2.05, 4.69) is 15.9 Å². The molecule has 1 unspecified atom stereocenters. The SMILES string of the molecule is CC(=O)SC1CC(=O)N(c2ccc(Br)cc2[N+](=O)[O-])C1. The average Bonchev–Trinajstić information content (AvgIpc) is 2.69. The number of amides is 1. The lowest BCUT2D eigenvalue weighted by molar-refractivity contribution is -0.384. The normalized spacial score (nSPS) is 18.4. The number of halogens is 1. The smallest absolute Gasteiger partial charge is 0.294 e. The van der Waals surface area contributed by atoms with Crippen LogP contribution in [0.25, 0.3) is 0 Å². The Morgan fingerprint density at radius 3 is 2.85 bits per heavy atom. The maximum absolute atomic E-state index is 12.0. The minimum absolute atomic E-state index is 0.0602. The summed E-state index contributed by atoms with van der Waals surface area (Å²) >= 11 is 4.28. The number of carbonyl (C=O) groups is 2. The number of hydrogen-bond donors (Lipinski definition) is 0. The molecule has 0 aliphatic carbocycles. The van der Waals surface area contributed by atoms with Crippen molar-refractivity contribution in [2.75, 3.05) is 11.4 Å². The van der Waals surface area contributed by atoms with Gasteiger partial charge >= 0.3 is 0 Å². The van der Waals surface area contributed by atoms with E-state index >= 15 is 0 Å². The molecule has 1 amide bonds. The van der Waals surface area contributed by atoms with Crippen LogP contribution in [0.3, 0.4) is 0 Å². The molecule has 106 valence electrons. The van der Waals surface area contributed by atoms with Crippen LogP contribution in [-0.4, -0.2) is 27.7 Å². The second kappa shape index (κ2) is 5.92. The molecular formula is C12H11BrN2O4S. The zero-order chi connectivity index (χ0) is 14.9. The lowest BCUT2D eigenvalue weighted by Crippen LogP contribution is -2.25. The predicted molar refractivity (Wildman–Crippen MR) is 79.8 cm³/mol. The van der Waals surface area contributed by atoms with E-state index in [0.29, 0.717) is 11.0 Å². The van der Waals surface area contributed by atoms with Crippen LogP contribution >= 0.6 is 27.7 Å². The van der Waals surface area contributed by atoms with Crippen LogP contribution < -0.4 is 4.90 Å². The molecule has 6 nitrogen and oxygen atoms in total. The summed E-state index contributed by atoms with van der Waals surface area (Å²) in [5.74, 6) is -0.200. The second-order valence-corrected chi connectivity index (χ2v) is 6.72. The van der Waals surface area contributed by atoms with Gasteiger partial charge in [-0.1, -0.05) is 27.7 Å². The van der Waals surface area contributed by atoms with Gasteiger partial charge in [-0.25, -0.2) is 0 Å². The Bertz CT molecular complexity index is 593. The molecule has 1 saturated heterocycles. The van der Waals surface area contributed by atoms with Crippen LogP contribution in [0.4, 0.5) is 11.4 Å². The molecule has 1 aliphatic heterocycles. The number of benzene rings is 1. The summed E-state index contributed by atoms with van der Waals surface area (Å²) in [4.78, 5) is 35.0. The first-order valence-electron chi connectivity index (χ1n) is 5.80. The van der Waals surface area contributed by atoms with Crippen molar-refractivity contribution in [2.45, 2.75) is 18.6 Å². The molecule has 0 aromatic heterocycles. The van der Waals surface area contributed by atoms with Gasteiger partial charge in [0.1, 0.15) is 5.69 Å². The van der Waals surface area contributed by atoms with E-state index in [-0.39, 0.29) is 34.1 Å². The molecule has 1 aromatic rings. The summed E-state index contributed by atoms with van der Waals surface area (Å²) in [7, 11) is 0. The molecule has 0 spiro atoms. The van der Waals surface area contributed by atoms with E-state index < -0.39 is 4.92 Å². The van der Waals surface area contributed by atoms with Gasteiger partial charge in [-0.3, -0.25) is 19.7 Å². The van der Waals surface area contributed by atoms with Crippen molar-refractivity contribution >= 4 is 50.1 Å². The van der Waals surface area contributed by atoms with Gasteiger partial charge in [0.15, 0.2) is 5.12 Å². The summed E-state index contributed by atoms with van der Waals surface area (Å²) in [5.41, 5.74) is 0.149. The van der Waals surface area contributed by atoms with Gasteiger partial charge in [-0.15, -0.1) is 0 Å². The second-order valence-electron chi connectivity index (χ2n) is 4.33. The van der Waals surface area contributed by atoms with Crippen molar-refractivity contribution < 1.29 is 14.5 Å². The quantitative estimate of drug-likeness (QED) is 0.612. The van der Waals surface area contributed by atoms with Crippen LogP contribution in [-0.2, 0) is 9.59 Å². The third-order valence-electron chi connectivity index (χ3n) is 2.85. The maximum Gasteiger partial charge on any atom is 0.294 e. The summed E-state index contributed by atoms with van der Waals surface area (Å²) in [6, 6.07) is 4.57. The van der Waals surface area contributed by atoms with Crippen molar-refractivity contribution in [2.24, 2.45) is 0 Å². The maximum atomic E-state index is 12.0.